The Bertz CT molecular complexity index is 1160. The molecule has 1 aliphatic heterocycles. The first-order valence-electron chi connectivity index (χ1n) is 14.9. The van der Waals surface area contributed by atoms with Crippen LogP contribution in [-0.2, 0) is 16.6 Å². The second-order valence-electron chi connectivity index (χ2n) is 11.3. The van der Waals surface area contributed by atoms with Gasteiger partial charge in [0.15, 0.2) is 0 Å². The van der Waals surface area contributed by atoms with E-state index in [1.165, 1.54) is 31.2 Å². The molecule has 2 aromatic carbocycles. The topological polar surface area (TPSA) is 91.0 Å². The lowest BCUT2D eigenvalue weighted by molar-refractivity contribution is 0.114. The lowest BCUT2D eigenvalue weighted by atomic mass is 10.0. The number of rotatable bonds is 11. The number of carbonyl (C=O) groups is 1. The fourth-order valence-corrected chi connectivity index (χ4v) is 6.28. The monoisotopic (exact) mass is 606 g/mol. The fourth-order valence-electron chi connectivity index (χ4n) is 5.71. The van der Waals surface area contributed by atoms with Crippen molar-refractivity contribution < 1.29 is 17.9 Å². The van der Waals surface area contributed by atoms with Crippen molar-refractivity contribution >= 4 is 34.1 Å². The van der Waals surface area contributed by atoms with E-state index in [-0.39, 0.29) is 18.4 Å². The largest absolute Gasteiger partial charge is 0.457 e. The van der Waals surface area contributed by atoms with E-state index in [9.17, 15) is 13.2 Å². The lowest BCUT2D eigenvalue weighted by Gasteiger charge is -2.39. The summed E-state index contributed by atoms with van der Waals surface area (Å²) in [5, 5.41) is 3.38. The first-order valence-corrected chi connectivity index (χ1v) is 16.8. The van der Waals surface area contributed by atoms with Gasteiger partial charge in [0.05, 0.1) is 6.26 Å². The molecule has 10 heteroatoms. The Kier molecular flexibility index (Phi) is 13.1. The predicted molar refractivity (Wildman–Crippen MR) is 169 cm³/mol. The van der Waals surface area contributed by atoms with Crippen molar-refractivity contribution in [2.24, 2.45) is 0 Å². The highest BCUT2D eigenvalue weighted by Gasteiger charge is 2.29. The molecule has 0 aromatic heterocycles. The molecule has 2 fully saturated rings. The van der Waals surface area contributed by atoms with Crippen LogP contribution < -0.4 is 14.8 Å². The van der Waals surface area contributed by atoms with Crippen molar-refractivity contribution in [2.75, 3.05) is 30.6 Å². The molecule has 2 aliphatic rings. The maximum absolute atomic E-state index is 13.3. The summed E-state index contributed by atoms with van der Waals surface area (Å²) in [6.45, 7) is 5.88. The third kappa shape index (κ3) is 11.0. The van der Waals surface area contributed by atoms with Crippen molar-refractivity contribution in [3.05, 3.63) is 54.1 Å². The van der Waals surface area contributed by atoms with Crippen LogP contribution >= 0.6 is 12.4 Å². The normalized spacial score (nSPS) is 17.2. The van der Waals surface area contributed by atoms with Crippen molar-refractivity contribution in [3.63, 3.8) is 0 Å². The van der Waals surface area contributed by atoms with Crippen LogP contribution in [0.4, 0.5) is 10.5 Å². The van der Waals surface area contributed by atoms with Crippen LogP contribution in [0.3, 0.4) is 0 Å². The number of piperidine rings is 1. The highest BCUT2D eigenvalue weighted by atomic mass is 35.5. The highest BCUT2D eigenvalue weighted by Crippen LogP contribution is 2.25. The maximum Gasteiger partial charge on any atom is 0.317 e. The number of halogens is 1. The van der Waals surface area contributed by atoms with E-state index in [1.54, 1.807) is 24.3 Å². The Morgan fingerprint density at radius 2 is 1.51 bits per heavy atom. The third-order valence-corrected chi connectivity index (χ3v) is 8.52. The quantitative estimate of drug-likeness (QED) is 0.275. The van der Waals surface area contributed by atoms with Crippen molar-refractivity contribution in [3.8, 4) is 11.5 Å². The second kappa shape index (κ2) is 16.2. The molecular formula is C31H47ClN4O4S. The van der Waals surface area contributed by atoms with Gasteiger partial charge in [0.2, 0.25) is 10.0 Å². The fraction of sp³-hybridized carbons (Fsp3) is 0.581. The zero-order chi connectivity index (χ0) is 28.4. The van der Waals surface area contributed by atoms with Gasteiger partial charge >= 0.3 is 6.03 Å². The number of hydrogen-bond donors (Lipinski definition) is 2. The Morgan fingerprint density at radius 3 is 2.07 bits per heavy atom. The van der Waals surface area contributed by atoms with Crippen molar-refractivity contribution in [1.82, 2.24) is 15.1 Å². The summed E-state index contributed by atoms with van der Waals surface area (Å²) >= 11 is 0. The summed E-state index contributed by atoms with van der Waals surface area (Å²) in [6.07, 6.45) is 12.6. The van der Waals surface area contributed by atoms with Crippen molar-refractivity contribution in [1.29, 1.82) is 0 Å². The molecule has 4 rings (SSSR count). The van der Waals surface area contributed by atoms with Gasteiger partial charge in [-0.15, -0.1) is 12.4 Å². The molecule has 0 atom stereocenters. The van der Waals surface area contributed by atoms with Crippen LogP contribution in [0.2, 0.25) is 0 Å². The van der Waals surface area contributed by atoms with Gasteiger partial charge in [-0.05, 0) is 74.1 Å². The lowest BCUT2D eigenvalue weighted by Crippen LogP contribution is -2.52. The minimum Gasteiger partial charge on any atom is -0.457 e. The number of unbranched alkanes of at least 4 members (excludes halogenated alkanes) is 1. The first-order chi connectivity index (χ1) is 19.3. The van der Waals surface area contributed by atoms with E-state index in [0.29, 0.717) is 23.5 Å². The molecule has 228 valence electrons. The van der Waals surface area contributed by atoms with E-state index >= 15 is 0 Å². The molecule has 0 bridgehead atoms. The van der Waals surface area contributed by atoms with E-state index in [4.69, 9.17) is 4.74 Å². The summed E-state index contributed by atoms with van der Waals surface area (Å²) in [5.74, 6) is 1.38. The summed E-state index contributed by atoms with van der Waals surface area (Å²) in [6, 6.07) is 15.8. The molecule has 1 saturated carbocycles. The molecule has 2 aromatic rings. The van der Waals surface area contributed by atoms with Crippen LogP contribution in [0, 0.1) is 0 Å². The van der Waals surface area contributed by atoms with Crippen LogP contribution in [0.15, 0.2) is 48.5 Å². The average Bonchev–Trinajstić information content (AvgIpc) is 3.20. The van der Waals surface area contributed by atoms with Crippen LogP contribution in [0.1, 0.15) is 76.7 Å². The standard InChI is InChI=1S/C31H46N4O4S.ClH/c1-3-4-21-35(31(36)32-26-9-7-5-6-8-10-26)28-19-22-34(23-20-28)24-25-11-15-29(16-12-25)39-30-17-13-27(14-18-30)33-40(2,37)38;/h11-18,26,28,33H,3-10,19-24H2,1-2H3,(H,32,36);1H. The number of hydrogen-bond acceptors (Lipinski definition) is 5. The van der Waals surface area contributed by atoms with Gasteiger partial charge in [-0.2, -0.15) is 0 Å². The molecule has 41 heavy (non-hydrogen) atoms. The summed E-state index contributed by atoms with van der Waals surface area (Å²) in [5.41, 5.74) is 1.73. The SMILES string of the molecule is CCCCN(C(=O)NC1CCCCCC1)C1CCN(Cc2ccc(Oc3ccc(NS(C)(=O)=O)cc3)cc2)CC1.Cl. The zero-order valence-corrected chi connectivity index (χ0v) is 26.1. The molecule has 8 nitrogen and oxygen atoms in total. The van der Waals surface area contributed by atoms with Crippen LogP contribution in [0.5, 0.6) is 11.5 Å². The maximum atomic E-state index is 13.3. The number of carbonyl (C=O) groups excluding carboxylic acids is 1. The minimum absolute atomic E-state index is 0. The van der Waals surface area contributed by atoms with Gasteiger partial charge in [0.25, 0.3) is 0 Å². The highest BCUT2D eigenvalue weighted by molar-refractivity contribution is 7.92. The number of urea groups is 1. The first kappa shape index (κ1) is 33.0. The number of anilines is 1. The Balaban J connectivity index is 0.00000462. The van der Waals surface area contributed by atoms with Gasteiger partial charge in [0.1, 0.15) is 11.5 Å². The van der Waals surface area contributed by atoms with Gasteiger partial charge in [0, 0.05) is 44.0 Å². The Hall–Kier alpha value is -2.49. The van der Waals surface area contributed by atoms with E-state index < -0.39 is 10.0 Å². The van der Waals surface area contributed by atoms with Crippen LogP contribution in [0.25, 0.3) is 0 Å². The molecule has 1 aliphatic carbocycles. The molecule has 0 unspecified atom stereocenters. The third-order valence-electron chi connectivity index (χ3n) is 7.92. The molecule has 0 radical (unpaired) electrons. The number of nitrogens with zero attached hydrogens (tertiary/aromatic N) is 2. The summed E-state index contributed by atoms with van der Waals surface area (Å²) in [4.78, 5) is 17.9. The molecule has 0 spiro atoms. The number of likely N-dealkylation sites (tertiary alicyclic amines) is 1. The number of amides is 2. The van der Waals surface area contributed by atoms with E-state index in [0.717, 1.165) is 76.7 Å². The number of sulfonamides is 1. The van der Waals surface area contributed by atoms with Crippen LogP contribution in [-0.4, -0.2) is 62.2 Å². The smallest absolute Gasteiger partial charge is 0.317 e. The minimum atomic E-state index is -3.30. The Labute approximate surface area is 252 Å². The van der Waals surface area contributed by atoms with Gasteiger partial charge in [-0.3, -0.25) is 9.62 Å². The number of nitrogens with one attached hydrogen (secondary N) is 2. The average molecular weight is 607 g/mol. The predicted octanol–water partition coefficient (Wildman–Crippen LogP) is 6.77. The molecular weight excluding hydrogens is 560 g/mol. The molecule has 1 heterocycles. The van der Waals surface area contributed by atoms with E-state index in [1.807, 2.05) is 12.1 Å². The number of benzene rings is 2. The molecule has 2 N–H and O–H groups in total. The molecule has 1 saturated heterocycles. The zero-order valence-electron chi connectivity index (χ0n) is 24.5. The Morgan fingerprint density at radius 1 is 0.927 bits per heavy atom. The molecule has 2 amide bonds. The summed E-state index contributed by atoms with van der Waals surface area (Å²) < 4.78 is 31.1. The van der Waals surface area contributed by atoms with E-state index in [2.05, 4.69) is 38.9 Å². The number of ether oxygens (including phenoxy) is 1. The van der Waals surface area contributed by atoms with Gasteiger partial charge < -0.3 is 15.0 Å². The van der Waals surface area contributed by atoms with Crippen molar-refractivity contribution in [2.45, 2.75) is 89.8 Å². The summed E-state index contributed by atoms with van der Waals surface area (Å²) in [7, 11) is -3.30. The second-order valence-corrected chi connectivity index (χ2v) is 13.1. The van der Waals surface area contributed by atoms with Gasteiger partial charge in [-0.25, -0.2) is 13.2 Å². The van der Waals surface area contributed by atoms with Gasteiger partial charge in [-0.1, -0.05) is 51.2 Å².